The third kappa shape index (κ3) is 5.19. The predicted molar refractivity (Wildman–Crippen MR) is 72.5 cm³/mol. The average Bonchev–Trinajstić information content (AvgIpc) is 2.29. The molecule has 0 aliphatic rings. The largest absolute Gasteiger partial charge is 1.00 e. The monoisotopic (exact) mass is 376 g/mol. The molecule has 0 bridgehead atoms. The van der Waals surface area contributed by atoms with Gasteiger partial charge in [0.15, 0.2) is 0 Å². The van der Waals surface area contributed by atoms with Gasteiger partial charge in [0, 0.05) is 0 Å². The molecule has 1 aromatic carbocycles. The Hall–Kier alpha value is -0.190. The van der Waals surface area contributed by atoms with E-state index < -0.39 is 15.0 Å². The van der Waals surface area contributed by atoms with Crippen molar-refractivity contribution < 1.29 is 42.5 Å². The SMILES string of the molecule is O=S(=O)([O-])c1ccc(Cl)c(Nc2nc(Cl)nc(Cl)n2)c1.[Na+]. The fraction of sp³-hybridized carbons (Fsp3) is 0. The van der Waals surface area contributed by atoms with Gasteiger partial charge < -0.3 is 9.87 Å². The van der Waals surface area contributed by atoms with E-state index in [0.717, 1.165) is 12.1 Å². The Balaban J connectivity index is 0.00000220. The van der Waals surface area contributed by atoms with Crippen LogP contribution >= 0.6 is 34.8 Å². The van der Waals surface area contributed by atoms with E-state index in [1.54, 1.807) is 0 Å². The molecule has 7 nitrogen and oxygen atoms in total. The van der Waals surface area contributed by atoms with Gasteiger partial charge in [-0.15, -0.1) is 0 Å². The Morgan fingerprint density at radius 1 is 1.05 bits per heavy atom. The molecule has 0 atom stereocenters. The second-order valence-electron chi connectivity index (χ2n) is 3.42. The van der Waals surface area contributed by atoms with Crippen LogP contribution in [0.25, 0.3) is 0 Å². The summed E-state index contributed by atoms with van der Waals surface area (Å²) < 4.78 is 32.8. The molecule has 0 saturated heterocycles. The van der Waals surface area contributed by atoms with Gasteiger partial charge in [-0.1, -0.05) is 11.6 Å². The van der Waals surface area contributed by atoms with E-state index in [4.69, 9.17) is 34.8 Å². The van der Waals surface area contributed by atoms with E-state index in [2.05, 4.69) is 20.3 Å². The van der Waals surface area contributed by atoms with E-state index >= 15 is 0 Å². The second kappa shape index (κ2) is 7.38. The summed E-state index contributed by atoms with van der Waals surface area (Å²) in [4.78, 5) is 10.5. The number of hydrogen-bond donors (Lipinski definition) is 1. The van der Waals surface area contributed by atoms with Crippen molar-refractivity contribution in [2.45, 2.75) is 4.90 Å². The maximum atomic E-state index is 10.9. The minimum Gasteiger partial charge on any atom is -0.744 e. The summed E-state index contributed by atoms with van der Waals surface area (Å²) in [5.74, 6) is -0.0441. The first-order valence-corrected chi connectivity index (χ1v) is 7.39. The van der Waals surface area contributed by atoms with Crippen LogP contribution in [0.1, 0.15) is 0 Å². The zero-order chi connectivity index (χ0) is 14.9. The molecule has 2 aromatic rings. The summed E-state index contributed by atoms with van der Waals surface area (Å²) in [5, 5.41) is 2.44. The molecule has 0 radical (unpaired) electrons. The zero-order valence-corrected chi connectivity index (χ0v) is 15.4. The van der Waals surface area contributed by atoms with Crippen molar-refractivity contribution in [3.05, 3.63) is 33.8 Å². The summed E-state index contributed by atoms with van der Waals surface area (Å²) >= 11 is 17.1. The number of hydrogen-bond acceptors (Lipinski definition) is 7. The fourth-order valence-corrected chi connectivity index (χ4v) is 2.28. The summed E-state index contributed by atoms with van der Waals surface area (Å²) in [6.07, 6.45) is 0. The van der Waals surface area contributed by atoms with Crippen LogP contribution in [-0.4, -0.2) is 27.9 Å². The quantitative estimate of drug-likeness (QED) is 0.566. The number of nitrogens with zero attached hydrogens (tertiary/aromatic N) is 3. The first kappa shape index (κ1) is 18.9. The number of rotatable bonds is 3. The molecule has 0 aliphatic carbocycles. The van der Waals surface area contributed by atoms with Gasteiger partial charge in [0.25, 0.3) is 0 Å². The van der Waals surface area contributed by atoms with Gasteiger partial charge >= 0.3 is 29.6 Å². The van der Waals surface area contributed by atoms with Gasteiger partial charge in [-0.05, 0) is 41.4 Å². The molecule has 0 aliphatic heterocycles. The van der Waals surface area contributed by atoms with Crippen LogP contribution in [0.3, 0.4) is 0 Å². The van der Waals surface area contributed by atoms with Gasteiger partial charge in [0.2, 0.25) is 16.5 Å². The van der Waals surface area contributed by atoms with Gasteiger partial charge in [0.1, 0.15) is 10.1 Å². The number of aromatic nitrogens is 3. The maximum absolute atomic E-state index is 10.9. The summed E-state index contributed by atoms with van der Waals surface area (Å²) in [7, 11) is -4.60. The number of halogens is 3. The molecule has 106 valence electrons. The van der Waals surface area contributed by atoms with Crippen LogP contribution in [0.2, 0.25) is 15.6 Å². The van der Waals surface area contributed by atoms with Crippen LogP contribution < -0.4 is 34.9 Å². The normalized spacial score (nSPS) is 10.9. The first-order valence-electron chi connectivity index (χ1n) is 4.85. The molecule has 12 heteroatoms. The molecule has 1 aromatic heterocycles. The van der Waals surface area contributed by atoms with Gasteiger partial charge in [0.05, 0.1) is 15.6 Å². The summed E-state index contributed by atoms with van der Waals surface area (Å²) in [6.45, 7) is 0. The van der Waals surface area contributed by atoms with E-state index in [1.165, 1.54) is 6.07 Å². The third-order valence-electron chi connectivity index (χ3n) is 2.05. The maximum Gasteiger partial charge on any atom is 1.00 e. The van der Waals surface area contributed by atoms with Crippen molar-refractivity contribution in [1.29, 1.82) is 0 Å². The Kier molecular flexibility index (Phi) is 6.63. The molecule has 0 amide bonds. The van der Waals surface area contributed by atoms with Crippen molar-refractivity contribution in [3.8, 4) is 0 Å². The number of anilines is 2. The zero-order valence-electron chi connectivity index (χ0n) is 10.3. The molecule has 0 unspecified atom stereocenters. The molecule has 21 heavy (non-hydrogen) atoms. The number of benzene rings is 1. The van der Waals surface area contributed by atoms with Crippen molar-refractivity contribution >= 4 is 56.6 Å². The Morgan fingerprint density at radius 3 is 2.14 bits per heavy atom. The van der Waals surface area contributed by atoms with Crippen LogP contribution in [0, 0.1) is 0 Å². The topological polar surface area (TPSA) is 108 Å². The molecular formula is C9H4Cl3N4NaO3S. The molecule has 1 heterocycles. The molecule has 1 N–H and O–H groups in total. The molecule has 0 fully saturated rings. The Bertz CT molecular complexity index is 755. The van der Waals surface area contributed by atoms with Crippen LogP contribution in [0.4, 0.5) is 11.6 Å². The van der Waals surface area contributed by atoms with Crippen LogP contribution in [-0.2, 0) is 10.1 Å². The minimum absolute atomic E-state index is 0. The first-order chi connectivity index (χ1) is 9.25. The average molecular weight is 378 g/mol. The standard InChI is InChI=1S/C9H5Cl3N4O3S.Na/c10-5-2-1-4(20(17,18)19)3-6(5)13-9-15-7(11)14-8(12)16-9;/h1-3H,(H,17,18,19)(H,13,14,15,16);/q;+1/p-1. The van der Waals surface area contributed by atoms with Crippen molar-refractivity contribution in [3.63, 3.8) is 0 Å². The molecule has 0 spiro atoms. The van der Waals surface area contributed by atoms with E-state index in [0.29, 0.717) is 0 Å². The number of nitrogens with one attached hydrogen (secondary N) is 1. The molecular weight excluding hydrogens is 374 g/mol. The van der Waals surface area contributed by atoms with Crippen molar-refractivity contribution in [1.82, 2.24) is 15.0 Å². The van der Waals surface area contributed by atoms with E-state index in [1.807, 2.05) is 0 Å². The Morgan fingerprint density at radius 2 is 1.62 bits per heavy atom. The second-order valence-corrected chi connectivity index (χ2v) is 5.88. The summed E-state index contributed by atoms with van der Waals surface area (Å²) in [6, 6.07) is 3.39. The van der Waals surface area contributed by atoms with Crippen LogP contribution in [0.5, 0.6) is 0 Å². The predicted octanol–water partition coefficient (Wildman–Crippen LogP) is -0.517. The van der Waals surface area contributed by atoms with Crippen LogP contribution in [0.15, 0.2) is 23.1 Å². The Labute approximate surface area is 157 Å². The third-order valence-corrected chi connectivity index (χ3v) is 3.55. The summed E-state index contributed by atoms with van der Waals surface area (Å²) in [5.41, 5.74) is 0.113. The van der Waals surface area contributed by atoms with Gasteiger partial charge in [-0.25, -0.2) is 8.42 Å². The van der Waals surface area contributed by atoms with Gasteiger partial charge in [-0.3, -0.25) is 0 Å². The minimum atomic E-state index is -4.60. The molecule has 0 saturated carbocycles. The van der Waals surface area contributed by atoms with Crippen molar-refractivity contribution in [2.24, 2.45) is 0 Å². The van der Waals surface area contributed by atoms with Crippen molar-refractivity contribution in [2.75, 3.05) is 5.32 Å². The fourth-order valence-electron chi connectivity index (χ4n) is 1.26. The molecule has 2 rings (SSSR count). The van der Waals surface area contributed by atoms with E-state index in [9.17, 15) is 13.0 Å². The van der Waals surface area contributed by atoms with E-state index in [-0.39, 0.29) is 56.8 Å². The van der Waals surface area contributed by atoms with Gasteiger partial charge in [-0.2, -0.15) is 15.0 Å². The smallest absolute Gasteiger partial charge is 0.744 e.